The first-order chi connectivity index (χ1) is 28.7. The molecule has 272 valence electrons. The van der Waals surface area contributed by atoms with Gasteiger partial charge in [0, 0.05) is 28.7 Å². The molecule has 1 aliphatic heterocycles. The molecular formula is C54H35N3O. The lowest BCUT2D eigenvalue weighted by molar-refractivity contribution is 0.365. The number of benzene rings is 7. The second kappa shape index (κ2) is 13.5. The summed E-state index contributed by atoms with van der Waals surface area (Å²) in [5, 5.41) is 9.52. The van der Waals surface area contributed by atoms with Crippen LogP contribution in [0.4, 0.5) is 0 Å². The Morgan fingerprint density at radius 1 is 0.483 bits per heavy atom. The van der Waals surface area contributed by atoms with Crippen molar-refractivity contribution in [2.75, 3.05) is 0 Å². The molecule has 0 saturated heterocycles. The van der Waals surface area contributed by atoms with Crippen LogP contribution in [0, 0.1) is 11.3 Å². The van der Waals surface area contributed by atoms with Gasteiger partial charge >= 0.3 is 0 Å². The number of nitriles is 1. The van der Waals surface area contributed by atoms with E-state index >= 15 is 0 Å². The number of hydrogen-bond donors (Lipinski definition) is 0. The fourth-order valence-electron chi connectivity index (χ4n) is 9.30. The molecule has 1 unspecified atom stereocenters. The molecule has 0 amide bonds. The van der Waals surface area contributed by atoms with E-state index in [1.165, 1.54) is 22.3 Å². The monoisotopic (exact) mass is 741 g/mol. The predicted octanol–water partition coefficient (Wildman–Crippen LogP) is 12.9. The van der Waals surface area contributed by atoms with Crippen molar-refractivity contribution in [2.24, 2.45) is 0 Å². The maximum absolute atomic E-state index is 9.52. The van der Waals surface area contributed by atoms with Gasteiger partial charge < -0.3 is 4.74 Å². The van der Waals surface area contributed by atoms with Gasteiger partial charge in [0.15, 0.2) is 5.82 Å². The Bertz CT molecular complexity index is 3030. The van der Waals surface area contributed by atoms with Crippen LogP contribution in [-0.2, 0) is 5.41 Å². The predicted molar refractivity (Wildman–Crippen MR) is 232 cm³/mol. The number of nitrogens with zero attached hydrogens (tertiary/aromatic N) is 3. The van der Waals surface area contributed by atoms with Crippen LogP contribution in [-0.4, -0.2) is 9.97 Å². The van der Waals surface area contributed by atoms with Crippen LogP contribution in [0.2, 0.25) is 0 Å². The minimum Gasteiger partial charge on any atom is -0.461 e. The molecule has 0 radical (unpaired) electrons. The average Bonchev–Trinajstić information content (AvgIpc) is 3.59. The highest BCUT2D eigenvalue weighted by Crippen LogP contribution is 2.62. The summed E-state index contributed by atoms with van der Waals surface area (Å²) in [6.07, 6.45) is 3.87. The van der Waals surface area contributed by atoms with E-state index in [-0.39, 0.29) is 0 Å². The van der Waals surface area contributed by atoms with Crippen molar-refractivity contribution in [3.8, 4) is 67.8 Å². The van der Waals surface area contributed by atoms with E-state index in [0.717, 1.165) is 85.8 Å². The first-order valence-corrected chi connectivity index (χ1v) is 19.8. The molecule has 1 aromatic heterocycles. The fraction of sp³-hybridized carbons (Fsp3) is 0.0556. The third-order valence-corrected chi connectivity index (χ3v) is 11.9. The molecule has 2 aliphatic carbocycles. The van der Waals surface area contributed by atoms with Crippen LogP contribution in [0.25, 0.3) is 61.6 Å². The molecule has 4 heteroatoms. The van der Waals surface area contributed by atoms with Crippen LogP contribution in [0.15, 0.2) is 199 Å². The molecule has 58 heavy (non-hydrogen) atoms. The fourth-order valence-corrected chi connectivity index (χ4v) is 9.30. The highest BCUT2D eigenvalue weighted by molar-refractivity contribution is 5.92. The third kappa shape index (κ3) is 5.29. The van der Waals surface area contributed by atoms with Gasteiger partial charge in [-0.25, -0.2) is 9.97 Å². The minimum absolute atomic E-state index is 0.637. The molecule has 3 aliphatic rings. The number of hydrogen-bond acceptors (Lipinski definition) is 4. The van der Waals surface area contributed by atoms with Crippen LogP contribution < -0.4 is 4.74 Å². The zero-order valence-corrected chi connectivity index (χ0v) is 31.6. The summed E-state index contributed by atoms with van der Waals surface area (Å²) in [5.41, 5.74) is 16.6. The van der Waals surface area contributed by atoms with Crippen molar-refractivity contribution >= 4 is 5.57 Å². The van der Waals surface area contributed by atoms with E-state index in [1.54, 1.807) is 0 Å². The van der Waals surface area contributed by atoms with E-state index in [9.17, 15) is 5.26 Å². The molecule has 8 aromatic rings. The smallest absolute Gasteiger partial charge is 0.160 e. The second-order valence-corrected chi connectivity index (χ2v) is 15.1. The Labute approximate surface area is 337 Å². The Morgan fingerprint density at radius 3 is 1.88 bits per heavy atom. The van der Waals surface area contributed by atoms with E-state index in [4.69, 9.17) is 14.7 Å². The van der Waals surface area contributed by atoms with E-state index < -0.39 is 5.41 Å². The quantitative estimate of drug-likeness (QED) is 0.176. The molecule has 0 fully saturated rings. The van der Waals surface area contributed by atoms with E-state index in [2.05, 4.69) is 152 Å². The van der Waals surface area contributed by atoms with Crippen molar-refractivity contribution in [3.05, 3.63) is 227 Å². The molecule has 0 N–H and O–H groups in total. The van der Waals surface area contributed by atoms with Crippen molar-refractivity contribution in [2.45, 2.75) is 18.3 Å². The lowest BCUT2D eigenvalue weighted by atomic mass is 9.63. The van der Waals surface area contributed by atoms with Crippen molar-refractivity contribution in [1.29, 1.82) is 5.26 Å². The van der Waals surface area contributed by atoms with Gasteiger partial charge in [0.2, 0.25) is 0 Å². The Kier molecular flexibility index (Phi) is 7.87. The third-order valence-electron chi connectivity index (χ3n) is 11.9. The Balaban J connectivity index is 1.14. The molecule has 0 saturated carbocycles. The van der Waals surface area contributed by atoms with E-state index in [1.807, 2.05) is 42.5 Å². The largest absolute Gasteiger partial charge is 0.461 e. The number of para-hydroxylation sites is 1. The minimum atomic E-state index is -0.637. The summed E-state index contributed by atoms with van der Waals surface area (Å²) in [6.45, 7) is 0. The maximum atomic E-state index is 9.52. The number of ether oxygens (including phenoxy) is 1. The van der Waals surface area contributed by atoms with Crippen LogP contribution in [0.1, 0.15) is 40.8 Å². The van der Waals surface area contributed by atoms with Gasteiger partial charge in [0.25, 0.3) is 0 Å². The molecule has 7 aromatic carbocycles. The van der Waals surface area contributed by atoms with Crippen LogP contribution in [0.5, 0.6) is 5.75 Å². The Morgan fingerprint density at radius 2 is 1.10 bits per heavy atom. The average molecular weight is 742 g/mol. The van der Waals surface area contributed by atoms with Gasteiger partial charge in [-0.15, -0.1) is 0 Å². The summed E-state index contributed by atoms with van der Waals surface area (Å²) in [6, 6.07) is 65.9. The van der Waals surface area contributed by atoms with E-state index in [0.29, 0.717) is 11.4 Å². The number of allylic oxidation sites excluding steroid dienone is 4. The van der Waals surface area contributed by atoms with Crippen molar-refractivity contribution in [1.82, 2.24) is 9.97 Å². The van der Waals surface area contributed by atoms with Crippen molar-refractivity contribution < 1.29 is 4.74 Å². The number of rotatable bonds is 5. The molecule has 4 nitrogen and oxygen atoms in total. The summed E-state index contributed by atoms with van der Waals surface area (Å²) in [7, 11) is 0. The lowest BCUT2D eigenvalue weighted by Crippen LogP contribution is -2.35. The summed E-state index contributed by atoms with van der Waals surface area (Å²) in [5.74, 6) is 2.57. The zero-order chi connectivity index (χ0) is 38.6. The highest BCUT2D eigenvalue weighted by Gasteiger charge is 2.52. The topological polar surface area (TPSA) is 58.8 Å². The molecular weight excluding hydrogens is 707 g/mol. The van der Waals surface area contributed by atoms with Gasteiger partial charge in [0.05, 0.1) is 28.4 Å². The molecule has 1 spiro atoms. The Hall–Kier alpha value is -7.61. The van der Waals surface area contributed by atoms with Crippen LogP contribution in [0.3, 0.4) is 0 Å². The summed E-state index contributed by atoms with van der Waals surface area (Å²) in [4.78, 5) is 10.6. The first-order valence-electron chi connectivity index (χ1n) is 19.8. The van der Waals surface area contributed by atoms with Crippen LogP contribution >= 0.6 is 0 Å². The highest BCUT2D eigenvalue weighted by atomic mass is 16.5. The standard InChI is InChI=1S/C54H35N3O/c55-34-35-23-25-36(26-24-35)39-27-29-43-42-18-9-10-20-45(42)54(47(43)31-39)46-21-11-12-22-51(46)58-52-30-28-40(32-48(52)54)49-33-50(57-53(56-49)38-15-5-2-6-16-38)44-19-8-7-17-41(44)37-13-3-1-4-14-37/h1-27,29,31-33H,28,30H2. The number of fused-ring (bicyclic) bond motifs is 8. The molecule has 1 atom stereocenters. The molecule has 0 bridgehead atoms. The SMILES string of the molecule is N#Cc1ccc(-c2ccc3c(c2)C2(C4=C(CCC(c5cc(-c6ccccc6-c6ccccc6)nc(-c6ccccc6)n5)=C4)Oc4ccccc42)c2ccccc2-3)cc1. The first kappa shape index (κ1) is 33.7. The van der Waals surface area contributed by atoms with Crippen molar-refractivity contribution in [3.63, 3.8) is 0 Å². The molecule has 2 heterocycles. The summed E-state index contributed by atoms with van der Waals surface area (Å²) < 4.78 is 6.90. The molecule has 11 rings (SSSR count). The second-order valence-electron chi connectivity index (χ2n) is 15.1. The van der Waals surface area contributed by atoms with Gasteiger partial charge in [-0.05, 0) is 92.9 Å². The number of aromatic nitrogens is 2. The normalized spacial score (nSPS) is 16.0. The lowest BCUT2D eigenvalue weighted by Gasteiger charge is -2.42. The van der Waals surface area contributed by atoms with Gasteiger partial charge in [-0.2, -0.15) is 5.26 Å². The summed E-state index contributed by atoms with van der Waals surface area (Å²) >= 11 is 0. The van der Waals surface area contributed by atoms with Gasteiger partial charge in [0.1, 0.15) is 11.5 Å². The van der Waals surface area contributed by atoms with Gasteiger partial charge in [-0.3, -0.25) is 0 Å². The van der Waals surface area contributed by atoms with Gasteiger partial charge in [-0.1, -0.05) is 152 Å². The zero-order valence-electron chi connectivity index (χ0n) is 31.6. The maximum Gasteiger partial charge on any atom is 0.160 e.